The Labute approximate surface area is 335 Å². The predicted octanol–water partition coefficient (Wildman–Crippen LogP) is 5.32. The van der Waals surface area contributed by atoms with E-state index in [1.165, 1.54) is 7.11 Å². The number of aromatic hydroxyl groups is 2. The minimum absolute atomic E-state index is 0.00709. The lowest BCUT2D eigenvalue weighted by Crippen LogP contribution is -2.54. The summed E-state index contributed by atoms with van der Waals surface area (Å²) in [6.07, 6.45) is 7.19. The minimum atomic E-state index is -0.897. The van der Waals surface area contributed by atoms with Crippen molar-refractivity contribution < 1.29 is 34.8 Å². The van der Waals surface area contributed by atoms with E-state index in [9.17, 15) is 30.0 Å². The van der Waals surface area contributed by atoms with E-state index < -0.39 is 24.0 Å². The zero-order valence-corrected chi connectivity index (χ0v) is 33.0. The van der Waals surface area contributed by atoms with E-state index in [0.717, 1.165) is 66.1 Å². The second-order valence-corrected chi connectivity index (χ2v) is 17.0. The quantitative estimate of drug-likeness (QED) is 0.0717. The van der Waals surface area contributed by atoms with E-state index in [0.29, 0.717) is 98.3 Å². The fourth-order valence-corrected chi connectivity index (χ4v) is 10.4. The van der Waals surface area contributed by atoms with Crippen LogP contribution in [0.25, 0.3) is 10.8 Å². The van der Waals surface area contributed by atoms with Crippen LogP contribution in [0.5, 0.6) is 17.2 Å². The third-order valence-corrected chi connectivity index (χ3v) is 13.4. The summed E-state index contributed by atoms with van der Waals surface area (Å²) in [4.78, 5) is 30.0. The van der Waals surface area contributed by atoms with E-state index in [-0.39, 0.29) is 29.7 Å². The zero-order valence-electron chi connectivity index (χ0n) is 33.0. The highest BCUT2D eigenvalue weighted by atomic mass is 16.5. The van der Waals surface area contributed by atoms with Gasteiger partial charge in [0.15, 0.2) is 23.2 Å². The van der Waals surface area contributed by atoms with Gasteiger partial charge < -0.3 is 41.9 Å². The van der Waals surface area contributed by atoms with Crippen molar-refractivity contribution in [2.45, 2.75) is 108 Å². The van der Waals surface area contributed by atoms with Crippen molar-refractivity contribution in [1.29, 1.82) is 0 Å². The summed E-state index contributed by atoms with van der Waals surface area (Å²) in [5.41, 5.74) is 14.3. The number of benzene rings is 3. The average molecular weight is 779 g/mol. The first-order chi connectivity index (χ1) is 27.5. The van der Waals surface area contributed by atoms with Crippen LogP contribution in [0.2, 0.25) is 0 Å². The molecule has 0 spiro atoms. The van der Waals surface area contributed by atoms with Crippen LogP contribution in [0.1, 0.15) is 105 Å². The Bertz CT molecular complexity index is 2050. The van der Waals surface area contributed by atoms with Gasteiger partial charge in [0.2, 0.25) is 0 Å². The number of hydrogen-bond acceptors (Lipinski definition) is 9. The number of methoxy groups -OCH3 is 1. The number of nitrogens with two attached hydrogens (primary N) is 2. The van der Waals surface area contributed by atoms with Crippen molar-refractivity contribution >= 4 is 28.3 Å². The first kappa shape index (κ1) is 40.6. The molecule has 1 saturated heterocycles. The van der Waals surface area contributed by atoms with E-state index in [1.54, 1.807) is 24.3 Å². The summed E-state index contributed by atoms with van der Waals surface area (Å²) in [7, 11) is 1.49. The van der Waals surface area contributed by atoms with Crippen molar-refractivity contribution in [2.75, 3.05) is 20.2 Å². The van der Waals surface area contributed by atoms with Crippen molar-refractivity contribution in [1.82, 2.24) is 5.32 Å². The number of nitrogens with one attached hydrogen (secondary N) is 1. The number of rotatable bonds is 12. The Morgan fingerprint density at radius 3 is 2.61 bits per heavy atom. The number of ketones is 2. The summed E-state index contributed by atoms with van der Waals surface area (Å²) in [6, 6.07) is 12.7. The lowest BCUT2D eigenvalue weighted by Gasteiger charge is -2.49. The molecule has 2 saturated carbocycles. The number of carbonyl (C=O) groups is 2. The first-order valence-electron chi connectivity index (χ1n) is 20.8. The van der Waals surface area contributed by atoms with Gasteiger partial charge in [-0.3, -0.25) is 14.6 Å². The van der Waals surface area contributed by atoms with Crippen molar-refractivity contribution in [2.24, 2.45) is 46.0 Å². The topological polar surface area (TPSA) is 201 Å². The van der Waals surface area contributed by atoms with Crippen molar-refractivity contribution in [3.05, 3.63) is 64.7 Å². The second-order valence-electron chi connectivity index (χ2n) is 17.0. The lowest BCUT2D eigenvalue weighted by atomic mass is 9.61. The summed E-state index contributed by atoms with van der Waals surface area (Å²) < 4.78 is 5.43. The Kier molecular flexibility index (Phi) is 12.7. The number of nitrogens with zero attached hydrogens (tertiary/aromatic N) is 1. The predicted molar refractivity (Wildman–Crippen MR) is 220 cm³/mol. The molecule has 1 heterocycles. The highest BCUT2D eigenvalue weighted by Crippen LogP contribution is 2.46. The van der Waals surface area contributed by atoms with E-state index >= 15 is 0 Å². The molecule has 0 bridgehead atoms. The molecule has 7 rings (SSSR count). The number of aliphatic hydroxyl groups excluding tert-OH is 2. The maximum atomic E-state index is 13.8. The highest BCUT2D eigenvalue weighted by molar-refractivity contribution is 5.88. The van der Waals surface area contributed by atoms with E-state index in [2.05, 4.69) is 22.2 Å². The van der Waals surface area contributed by atoms with Crippen molar-refractivity contribution in [3.8, 4) is 29.1 Å². The van der Waals surface area contributed by atoms with Gasteiger partial charge in [-0.2, -0.15) is 0 Å². The van der Waals surface area contributed by atoms with Gasteiger partial charge >= 0.3 is 0 Å². The average Bonchev–Trinajstić information content (AvgIpc) is 3.25. The van der Waals surface area contributed by atoms with E-state index in [1.807, 2.05) is 18.2 Å². The van der Waals surface area contributed by atoms with Gasteiger partial charge in [-0.05, 0) is 151 Å². The van der Waals surface area contributed by atoms with Gasteiger partial charge in [0, 0.05) is 37.8 Å². The van der Waals surface area contributed by atoms with Gasteiger partial charge in [-0.15, -0.1) is 0 Å². The molecule has 3 aromatic rings. The molecule has 3 aromatic carbocycles. The first-order valence-corrected chi connectivity index (χ1v) is 20.8. The van der Waals surface area contributed by atoms with Gasteiger partial charge in [-0.1, -0.05) is 30.4 Å². The monoisotopic (exact) mass is 778 g/mol. The SMILES string of the molecule is COc1cc2c(cc1O)[C@H](CC[C@H](O)c1cc(CCN=C(N)N)c3cc(O)ccc3c1)C#C[C@H]([C@H](O)CC[C@H]1CC[C@H]3[C@H](CN[C@@H]4CC(=O)CC[C@H]34)C1)C(=O)CC2. The number of carbonyl (C=O) groups excluding carboxylic acids is 2. The molecule has 11 heteroatoms. The number of phenols is 2. The number of guanidine groups is 1. The molecule has 0 aromatic heterocycles. The minimum Gasteiger partial charge on any atom is -0.508 e. The standard InChI is InChI=1S/C46H58N4O7/c1-57-45-21-29-7-15-43(55)37(42(54)13-3-26-2-10-35-32(18-26)25-50-40-23-34(52)9-12-36(35)40)11-5-27(39(29)24-44(45)56)6-14-41(53)31-19-28-4-8-33(51)22-38(28)30(20-31)16-17-49-46(47)48/h4,8,19-22,24,26-27,32,35-37,40-42,50-51,53-54,56H,2-3,6-7,9-10,12-18,23,25H2,1H3,(H4,47,48,49)/t26-,27+,32+,35+,36-,37-,40-,41+,42-/m1/s1. The van der Waals surface area contributed by atoms with Crippen LogP contribution in [0, 0.1) is 41.4 Å². The molecule has 57 heavy (non-hydrogen) atoms. The molecule has 0 unspecified atom stereocenters. The molecule has 9 atom stereocenters. The number of fused-ring (bicyclic) bond motifs is 5. The van der Waals surface area contributed by atoms with Crippen LogP contribution in [-0.2, 0) is 22.4 Å². The summed E-state index contributed by atoms with van der Waals surface area (Å²) in [5, 5.41) is 49.7. The zero-order chi connectivity index (χ0) is 40.2. The Balaban J connectivity index is 1.07. The van der Waals surface area contributed by atoms with Gasteiger partial charge in [0.1, 0.15) is 17.5 Å². The number of aliphatic imine (C=N–C) groups is 1. The van der Waals surface area contributed by atoms with Crippen LogP contribution < -0.4 is 21.5 Å². The normalized spacial score (nSPS) is 27.0. The molecule has 3 fully saturated rings. The smallest absolute Gasteiger partial charge is 0.185 e. The molecule has 0 radical (unpaired) electrons. The molecule has 11 nitrogen and oxygen atoms in total. The Morgan fingerprint density at radius 1 is 0.965 bits per heavy atom. The number of aliphatic hydroxyl groups is 2. The second kappa shape index (κ2) is 17.9. The maximum Gasteiger partial charge on any atom is 0.185 e. The Morgan fingerprint density at radius 2 is 1.81 bits per heavy atom. The van der Waals surface area contributed by atoms with Gasteiger partial charge in [-0.25, -0.2) is 0 Å². The fourth-order valence-electron chi connectivity index (χ4n) is 10.4. The van der Waals surface area contributed by atoms with Crippen LogP contribution in [-0.4, -0.2) is 70.3 Å². The molecular weight excluding hydrogens is 721 g/mol. The maximum absolute atomic E-state index is 13.8. The largest absolute Gasteiger partial charge is 0.508 e. The van der Waals surface area contributed by atoms with Gasteiger partial charge in [0.25, 0.3) is 0 Å². The molecule has 4 aliphatic rings. The Hall–Kier alpha value is -4.63. The van der Waals surface area contributed by atoms with Crippen molar-refractivity contribution in [3.63, 3.8) is 0 Å². The molecule has 0 amide bonds. The number of aryl methyl sites for hydroxylation is 1. The number of hydrogen-bond donors (Lipinski definition) is 7. The van der Waals surface area contributed by atoms with Crippen LogP contribution in [0.4, 0.5) is 0 Å². The number of Topliss-reactive ketones (excluding diaryl/α,β-unsaturated/α-hetero) is 2. The number of piperidine rings is 1. The van der Waals surface area contributed by atoms with Gasteiger partial charge in [0.05, 0.1) is 19.3 Å². The highest BCUT2D eigenvalue weighted by Gasteiger charge is 2.44. The molecule has 3 aliphatic carbocycles. The lowest BCUT2D eigenvalue weighted by molar-refractivity contribution is -0.124. The molecule has 9 N–H and O–H groups in total. The van der Waals surface area contributed by atoms with Crippen LogP contribution in [0.3, 0.4) is 0 Å². The third-order valence-electron chi connectivity index (χ3n) is 13.4. The molecule has 1 aliphatic heterocycles. The van der Waals surface area contributed by atoms with Crippen LogP contribution >= 0.6 is 0 Å². The third kappa shape index (κ3) is 9.41. The summed E-state index contributed by atoms with van der Waals surface area (Å²) >= 11 is 0. The summed E-state index contributed by atoms with van der Waals surface area (Å²) in [5.74, 6) is 8.32. The molecular formula is C46H58N4O7. The van der Waals surface area contributed by atoms with E-state index in [4.69, 9.17) is 16.2 Å². The fraction of sp³-hybridized carbons (Fsp3) is 0.543. The summed E-state index contributed by atoms with van der Waals surface area (Å²) in [6.45, 7) is 1.30. The van der Waals surface area contributed by atoms with Crippen LogP contribution in [0.15, 0.2) is 47.5 Å². The number of phenolic OH excluding ortho intramolecular Hbond substituents is 2. The number of ether oxygens (including phenoxy) is 1. The molecule has 304 valence electrons.